The maximum Gasteiger partial charge on any atom is 0.330 e. The first-order chi connectivity index (χ1) is 54.7. The van der Waals surface area contributed by atoms with Crippen LogP contribution in [0.2, 0.25) is 0 Å². The molecule has 0 spiro atoms. The van der Waals surface area contributed by atoms with Gasteiger partial charge in [0.15, 0.2) is 29.1 Å². The van der Waals surface area contributed by atoms with E-state index in [0.717, 1.165) is 48.6 Å². The molecule has 115 heavy (non-hydrogen) atoms. The Morgan fingerprint density at radius 3 is 1.34 bits per heavy atom. The molecule has 12 rings (SSSR count). The van der Waals surface area contributed by atoms with Crippen molar-refractivity contribution in [2.24, 2.45) is 0 Å². The van der Waals surface area contributed by atoms with Crippen molar-refractivity contribution in [2.45, 2.75) is 172 Å². The number of ether oxygens (including phenoxy) is 14. The van der Waals surface area contributed by atoms with Crippen molar-refractivity contribution < 1.29 is 203 Å². The number of fused-ring (bicyclic) bond motifs is 2. The number of carbonyl (C=O) groups excluding carboxylic acids is 3. The van der Waals surface area contributed by atoms with Crippen LogP contribution in [-0.2, 0) is 57.0 Å². The highest BCUT2D eigenvalue weighted by Gasteiger charge is 2.51. The highest BCUT2D eigenvalue weighted by atomic mass is 16.7. The molecule has 0 bridgehead atoms. The SMILES string of the molecule is O=C(C=Cc1ccc(O)cc1)OCC1OC(OC2=Cc3c(O)cc(OC4OC(COC(=O)CCC(=O)OCC5OC(Oc6ccc(-c7oc8cc(OC9OC(CO)C(O)C(O)C9O)cc(O)c8c(=O)c7OC7OC(CO)C(O)C(O)C7O)cc6)C(O)C(O)C5O)C(O)C(O)C4O)cc3OC2c2cc(O)c(O)c(O)c2)C(O)C(O)C1O. The number of aliphatic hydroxyl groups excluding tert-OH is 17. The fourth-order valence-electron chi connectivity index (χ4n) is 12.8. The zero-order chi connectivity index (χ0) is 82.9. The van der Waals surface area contributed by atoms with Crippen LogP contribution in [0.5, 0.6) is 63.2 Å². The molecule has 23 N–H and O–H groups in total. The number of carbonyl (C=O) groups is 3. The van der Waals surface area contributed by atoms with Crippen molar-refractivity contribution in [1.82, 2.24) is 0 Å². The van der Waals surface area contributed by atoms with Gasteiger partial charge >= 0.3 is 17.9 Å². The van der Waals surface area contributed by atoms with Gasteiger partial charge in [-0.05, 0) is 66.2 Å². The van der Waals surface area contributed by atoms with Gasteiger partial charge in [-0.1, -0.05) is 12.1 Å². The van der Waals surface area contributed by atoms with Crippen LogP contribution < -0.4 is 29.1 Å². The molecular formula is C73H80O42. The zero-order valence-corrected chi connectivity index (χ0v) is 59.3. The quantitative estimate of drug-likeness (QED) is 0.0110. The maximum atomic E-state index is 14.4. The average molecular weight is 1630 g/mol. The molecule has 6 aromatic rings. The summed E-state index contributed by atoms with van der Waals surface area (Å²) >= 11 is 0. The van der Waals surface area contributed by atoms with Crippen LogP contribution in [0.4, 0.5) is 0 Å². The maximum absolute atomic E-state index is 14.4. The van der Waals surface area contributed by atoms with Gasteiger partial charge in [-0.25, -0.2) is 4.79 Å². The summed E-state index contributed by atoms with van der Waals surface area (Å²) in [4.78, 5) is 53.2. The second-order valence-corrected chi connectivity index (χ2v) is 27.2. The van der Waals surface area contributed by atoms with Crippen molar-refractivity contribution in [3.63, 3.8) is 0 Å². The largest absolute Gasteiger partial charge is 0.508 e. The van der Waals surface area contributed by atoms with Crippen molar-refractivity contribution in [3.8, 4) is 74.6 Å². The summed E-state index contributed by atoms with van der Waals surface area (Å²) in [6.45, 7) is -4.15. The van der Waals surface area contributed by atoms with E-state index in [-0.39, 0.29) is 45.4 Å². The Balaban J connectivity index is 0.664. The van der Waals surface area contributed by atoms with Gasteiger partial charge in [0.1, 0.15) is 199 Å². The van der Waals surface area contributed by atoms with Crippen molar-refractivity contribution in [1.29, 1.82) is 0 Å². The Bertz CT molecular complexity index is 4530. The lowest BCUT2D eigenvalue weighted by Gasteiger charge is -2.41. The van der Waals surface area contributed by atoms with Crippen LogP contribution in [0.3, 0.4) is 0 Å². The molecule has 0 aliphatic carbocycles. The normalized spacial score (nSPS) is 32.7. The number of esters is 3. The molecule has 7 heterocycles. The molecule has 0 radical (unpaired) electrons. The first kappa shape index (κ1) is 84.3. The molecule has 624 valence electrons. The number of benzene rings is 5. The molecule has 1 aromatic heterocycles. The third-order valence-corrected chi connectivity index (χ3v) is 19.3. The summed E-state index contributed by atoms with van der Waals surface area (Å²) in [5.41, 5.74) is -1.60. The molecule has 5 aromatic carbocycles. The molecule has 26 atom stereocenters. The summed E-state index contributed by atoms with van der Waals surface area (Å²) < 4.78 is 85.1. The van der Waals surface area contributed by atoms with Crippen LogP contribution in [0.1, 0.15) is 35.6 Å². The van der Waals surface area contributed by atoms with Crippen LogP contribution in [0.25, 0.3) is 34.4 Å². The number of aromatic hydroxyl groups is 6. The standard InChI is InChI=1S/C73H80O42/c74-20-40-50(85)56(91)61(96)70(110-40)106-31-16-34(78)48-38(18-31)108-67(68(55(48)90)115-73-65(100)57(92)51(86)41(21-75)111-73)26-4-8-29(9-5-26)104-69-62(97)58(93)52(87)42(112-69)22-102-46(82)11-12-47(83)103-23-43-53(88)59(94)63(98)71(113-43)105-30-15-33(77)32-19-39(66(107-37(32)17-30)27-13-35(79)49(84)36(80)14-27)109-72-64(99)60(95)54(89)44(114-72)24-101-45(81)10-3-25-1-6-28(76)7-2-25/h1-10,13-19,40-44,50-54,56-66,69-80,84-89,91-100H,11-12,20-24H2. The molecule has 6 aliphatic heterocycles. The predicted octanol–water partition coefficient (Wildman–Crippen LogP) is -5.45. The topological polar surface area (TPSA) is 676 Å². The average Bonchev–Trinajstić information content (AvgIpc) is 0.750. The van der Waals surface area contributed by atoms with E-state index in [2.05, 4.69) is 0 Å². The number of hydrogen-bond acceptors (Lipinski definition) is 42. The molecule has 6 aliphatic rings. The van der Waals surface area contributed by atoms with E-state index in [4.69, 9.17) is 70.7 Å². The summed E-state index contributed by atoms with van der Waals surface area (Å²) in [5.74, 6) is -10.4. The summed E-state index contributed by atoms with van der Waals surface area (Å²) in [5, 5.41) is 244. The molecule has 26 unspecified atom stereocenters. The number of phenolic OH excluding ortho intramolecular Hbond substituents is 6. The highest BCUT2D eigenvalue weighted by Crippen LogP contribution is 2.48. The van der Waals surface area contributed by atoms with E-state index < -0.39 is 286 Å². The molecule has 5 saturated heterocycles. The molecule has 0 saturated carbocycles. The fraction of sp³-hybridized carbons (Fsp3) is 0.452. The number of phenols is 6. The second-order valence-electron chi connectivity index (χ2n) is 27.2. The Kier molecular flexibility index (Phi) is 26.1. The van der Waals surface area contributed by atoms with Crippen molar-refractivity contribution >= 4 is 41.0 Å². The van der Waals surface area contributed by atoms with Crippen molar-refractivity contribution in [2.75, 3.05) is 33.0 Å². The van der Waals surface area contributed by atoms with E-state index in [1.54, 1.807) is 0 Å². The lowest BCUT2D eigenvalue weighted by atomic mass is 9.98. The Morgan fingerprint density at radius 2 is 0.852 bits per heavy atom. The highest BCUT2D eigenvalue weighted by molar-refractivity contribution is 5.89. The lowest BCUT2D eigenvalue weighted by molar-refractivity contribution is -0.294. The second kappa shape index (κ2) is 35.6. The third-order valence-electron chi connectivity index (χ3n) is 19.3. The summed E-state index contributed by atoms with van der Waals surface area (Å²) in [6, 6.07) is 16.4. The van der Waals surface area contributed by atoms with Gasteiger partial charge < -0.3 is 188 Å². The number of rotatable bonds is 25. The summed E-state index contributed by atoms with van der Waals surface area (Å²) in [6.07, 6.45) is -46.5. The first-order valence-corrected chi connectivity index (χ1v) is 35.1. The van der Waals surface area contributed by atoms with Gasteiger partial charge in [0.05, 0.1) is 31.6 Å². The third kappa shape index (κ3) is 18.3. The first-order valence-electron chi connectivity index (χ1n) is 35.1. The monoisotopic (exact) mass is 1630 g/mol. The van der Waals surface area contributed by atoms with Gasteiger partial charge in [-0.15, -0.1) is 0 Å². The van der Waals surface area contributed by atoms with Crippen LogP contribution in [0, 0.1) is 0 Å². The van der Waals surface area contributed by atoms with Gasteiger partial charge in [0.25, 0.3) is 0 Å². The van der Waals surface area contributed by atoms with Crippen LogP contribution in [0.15, 0.2) is 106 Å². The van der Waals surface area contributed by atoms with Gasteiger partial charge in [-0.3, -0.25) is 14.4 Å². The van der Waals surface area contributed by atoms with Gasteiger partial charge in [0.2, 0.25) is 42.6 Å². The van der Waals surface area contributed by atoms with Gasteiger partial charge in [-0.2, -0.15) is 0 Å². The molecule has 0 amide bonds. The van der Waals surface area contributed by atoms with E-state index in [9.17, 15) is 137 Å². The molecule has 42 nitrogen and oxygen atoms in total. The van der Waals surface area contributed by atoms with Crippen LogP contribution >= 0.6 is 0 Å². The Hall–Kier alpha value is -10.1. The van der Waals surface area contributed by atoms with E-state index in [1.165, 1.54) is 54.6 Å². The Morgan fingerprint density at radius 1 is 0.426 bits per heavy atom. The number of hydrogen-bond donors (Lipinski definition) is 23. The van der Waals surface area contributed by atoms with E-state index in [0.29, 0.717) is 5.56 Å². The van der Waals surface area contributed by atoms with E-state index >= 15 is 0 Å². The fourth-order valence-corrected chi connectivity index (χ4v) is 12.8. The van der Waals surface area contributed by atoms with Crippen molar-refractivity contribution in [3.05, 3.63) is 124 Å². The van der Waals surface area contributed by atoms with Crippen LogP contribution in [-0.4, -0.2) is 322 Å². The molecular weight excluding hydrogens is 1550 g/mol. The predicted molar refractivity (Wildman–Crippen MR) is 371 cm³/mol. The molecule has 42 heteroatoms. The molecule has 5 fully saturated rings. The smallest absolute Gasteiger partial charge is 0.330 e. The Labute approximate surface area is 645 Å². The number of aliphatic hydroxyl groups is 17. The minimum atomic E-state index is -2.08. The van der Waals surface area contributed by atoms with Gasteiger partial charge in [0, 0.05) is 41.5 Å². The minimum absolute atomic E-state index is 0.0229. The summed E-state index contributed by atoms with van der Waals surface area (Å²) in [7, 11) is 0. The lowest BCUT2D eigenvalue weighted by Crippen LogP contribution is -2.60. The minimum Gasteiger partial charge on any atom is -0.508 e. The zero-order valence-electron chi connectivity index (χ0n) is 59.3. The van der Waals surface area contributed by atoms with E-state index in [1.807, 2.05) is 0 Å².